The van der Waals surface area contributed by atoms with Crippen molar-refractivity contribution in [1.82, 2.24) is 20.2 Å². The monoisotopic (exact) mass is 411 g/mol. The first-order valence-corrected chi connectivity index (χ1v) is 10.0. The average molecular weight is 411 g/mol. The number of aromatic amines is 1. The van der Waals surface area contributed by atoms with Gasteiger partial charge in [0.1, 0.15) is 17.3 Å². The second kappa shape index (κ2) is 7.41. The van der Waals surface area contributed by atoms with Crippen molar-refractivity contribution in [3.05, 3.63) is 42.5 Å². The van der Waals surface area contributed by atoms with Gasteiger partial charge in [-0.1, -0.05) is 17.4 Å². The second-order valence-electron chi connectivity index (χ2n) is 6.61. The van der Waals surface area contributed by atoms with E-state index in [1.165, 1.54) is 13.2 Å². The smallest absolute Gasteiger partial charge is 0.186 e. The van der Waals surface area contributed by atoms with E-state index in [-0.39, 0.29) is 5.82 Å². The predicted octanol–water partition coefficient (Wildman–Crippen LogP) is 3.73. The van der Waals surface area contributed by atoms with Gasteiger partial charge in [0.05, 0.1) is 48.2 Å². The zero-order valence-electron chi connectivity index (χ0n) is 15.7. The molecule has 7 nitrogen and oxygen atoms in total. The van der Waals surface area contributed by atoms with Gasteiger partial charge in [0, 0.05) is 24.7 Å². The van der Waals surface area contributed by atoms with Gasteiger partial charge in [-0.2, -0.15) is 5.10 Å². The van der Waals surface area contributed by atoms with Gasteiger partial charge in [0.25, 0.3) is 0 Å². The van der Waals surface area contributed by atoms with Crippen LogP contribution in [0.4, 0.5) is 9.52 Å². The zero-order valence-corrected chi connectivity index (χ0v) is 16.5. The Balaban J connectivity index is 1.57. The Labute approximate surface area is 170 Å². The number of aromatic nitrogens is 4. The van der Waals surface area contributed by atoms with Crippen LogP contribution in [-0.4, -0.2) is 53.6 Å². The molecule has 9 heteroatoms. The van der Waals surface area contributed by atoms with Gasteiger partial charge in [-0.05, 0) is 18.2 Å². The summed E-state index contributed by atoms with van der Waals surface area (Å²) < 4.78 is 25.3. The van der Waals surface area contributed by atoms with E-state index in [1.54, 1.807) is 29.7 Å². The molecule has 0 bridgehead atoms. The summed E-state index contributed by atoms with van der Waals surface area (Å²) in [5, 5.41) is 9.27. The number of nitrogens with one attached hydrogen (secondary N) is 1. The minimum atomic E-state index is -0.381. The highest BCUT2D eigenvalue weighted by atomic mass is 32.1. The molecule has 1 fully saturated rings. The van der Waals surface area contributed by atoms with Crippen molar-refractivity contribution in [3.8, 4) is 27.6 Å². The number of halogens is 1. The van der Waals surface area contributed by atoms with Crippen molar-refractivity contribution in [2.24, 2.45) is 0 Å². The highest BCUT2D eigenvalue weighted by Gasteiger charge is 2.19. The van der Waals surface area contributed by atoms with Gasteiger partial charge < -0.3 is 14.4 Å². The number of hydrogen-bond donors (Lipinski definition) is 1. The summed E-state index contributed by atoms with van der Waals surface area (Å²) in [6.45, 7) is 3.07. The maximum Gasteiger partial charge on any atom is 0.186 e. The van der Waals surface area contributed by atoms with E-state index in [1.807, 2.05) is 12.3 Å². The first-order valence-electron chi connectivity index (χ1n) is 9.20. The van der Waals surface area contributed by atoms with Gasteiger partial charge in [0.15, 0.2) is 5.13 Å². The molecule has 0 spiro atoms. The van der Waals surface area contributed by atoms with Gasteiger partial charge in [-0.25, -0.2) is 9.37 Å². The SMILES string of the molecule is COc1cccc(F)c1-c1cc2c(-c3cnc(N4CCOCC4)s3)n[nH]c2cn1. The minimum Gasteiger partial charge on any atom is -0.496 e. The number of H-pyrrole nitrogens is 1. The molecule has 4 heterocycles. The van der Waals surface area contributed by atoms with Gasteiger partial charge in [-0.3, -0.25) is 10.1 Å². The molecule has 1 saturated heterocycles. The molecular weight excluding hydrogens is 393 g/mol. The van der Waals surface area contributed by atoms with Gasteiger partial charge >= 0.3 is 0 Å². The Hall–Kier alpha value is -3.04. The number of methoxy groups -OCH3 is 1. The molecule has 1 aromatic carbocycles. The lowest BCUT2D eigenvalue weighted by molar-refractivity contribution is 0.122. The Bertz CT molecular complexity index is 1170. The Morgan fingerprint density at radius 3 is 2.90 bits per heavy atom. The van der Waals surface area contributed by atoms with Crippen molar-refractivity contribution < 1.29 is 13.9 Å². The van der Waals surface area contributed by atoms with E-state index in [0.717, 1.165) is 39.7 Å². The Kier molecular flexibility index (Phi) is 4.61. The predicted molar refractivity (Wildman–Crippen MR) is 110 cm³/mol. The molecule has 0 amide bonds. The fourth-order valence-corrected chi connectivity index (χ4v) is 4.41. The first kappa shape index (κ1) is 18.0. The number of hydrogen-bond acceptors (Lipinski definition) is 7. The zero-order chi connectivity index (χ0) is 19.8. The quantitative estimate of drug-likeness (QED) is 0.551. The van der Waals surface area contributed by atoms with Crippen LogP contribution < -0.4 is 9.64 Å². The van der Waals surface area contributed by atoms with Crippen LogP contribution in [0.15, 0.2) is 36.7 Å². The van der Waals surface area contributed by atoms with E-state index >= 15 is 0 Å². The van der Waals surface area contributed by atoms with Crippen LogP contribution in [0, 0.1) is 5.82 Å². The van der Waals surface area contributed by atoms with Crippen LogP contribution in [0.1, 0.15) is 0 Å². The summed E-state index contributed by atoms with van der Waals surface area (Å²) >= 11 is 1.58. The number of thiazole rings is 1. The van der Waals surface area contributed by atoms with Crippen LogP contribution in [0.5, 0.6) is 5.75 Å². The molecule has 1 N–H and O–H groups in total. The third kappa shape index (κ3) is 3.22. The summed E-state index contributed by atoms with van der Waals surface area (Å²) in [6.07, 6.45) is 3.49. The molecular formula is C20H18FN5O2S. The maximum atomic E-state index is 14.5. The number of nitrogens with zero attached hydrogens (tertiary/aromatic N) is 4. The number of ether oxygens (including phenoxy) is 2. The van der Waals surface area contributed by atoms with E-state index in [2.05, 4.69) is 25.1 Å². The number of fused-ring (bicyclic) bond motifs is 1. The first-order chi connectivity index (χ1) is 14.2. The molecule has 1 aliphatic heterocycles. The van der Waals surface area contributed by atoms with Crippen LogP contribution in [0.2, 0.25) is 0 Å². The number of morpholine rings is 1. The molecule has 0 saturated carbocycles. The Morgan fingerprint density at radius 2 is 2.07 bits per heavy atom. The molecule has 148 valence electrons. The highest BCUT2D eigenvalue weighted by Crippen LogP contribution is 2.37. The number of pyridine rings is 1. The lowest BCUT2D eigenvalue weighted by Crippen LogP contribution is -2.36. The van der Waals surface area contributed by atoms with Crippen molar-refractivity contribution in [1.29, 1.82) is 0 Å². The second-order valence-corrected chi connectivity index (χ2v) is 7.62. The summed E-state index contributed by atoms with van der Waals surface area (Å²) in [5.74, 6) is 0.0583. The molecule has 4 aromatic rings. The molecule has 0 radical (unpaired) electrons. The van der Waals surface area contributed by atoms with Crippen molar-refractivity contribution >= 4 is 27.4 Å². The normalized spacial score (nSPS) is 14.5. The maximum absolute atomic E-state index is 14.5. The lowest BCUT2D eigenvalue weighted by atomic mass is 10.1. The number of anilines is 1. The van der Waals surface area contributed by atoms with Crippen LogP contribution in [0.3, 0.4) is 0 Å². The molecule has 3 aromatic heterocycles. The van der Waals surface area contributed by atoms with E-state index in [4.69, 9.17) is 9.47 Å². The fourth-order valence-electron chi connectivity index (χ4n) is 3.44. The van der Waals surface area contributed by atoms with Crippen molar-refractivity contribution in [3.63, 3.8) is 0 Å². The minimum absolute atomic E-state index is 0.336. The van der Waals surface area contributed by atoms with Crippen LogP contribution >= 0.6 is 11.3 Å². The molecule has 29 heavy (non-hydrogen) atoms. The summed E-state index contributed by atoms with van der Waals surface area (Å²) in [4.78, 5) is 12.1. The van der Waals surface area contributed by atoms with Gasteiger partial charge in [-0.15, -0.1) is 0 Å². The van der Waals surface area contributed by atoms with Crippen LogP contribution in [-0.2, 0) is 4.74 Å². The Morgan fingerprint density at radius 1 is 1.21 bits per heavy atom. The summed E-state index contributed by atoms with van der Waals surface area (Å²) in [5.41, 5.74) is 2.38. The van der Waals surface area contributed by atoms with E-state index < -0.39 is 0 Å². The number of rotatable bonds is 4. The lowest BCUT2D eigenvalue weighted by Gasteiger charge is -2.25. The topological polar surface area (TPSA) is 76.2 Å². The summed E-state index contributed by atoms with van der Waals surface area (Å²) in [7, 11) is 1.52. The molecule has 1 aliphatic rings. The molecule has 0 aliphatic carbocycles. The molecule has 0 unspecified atom stereocenters. The number of benzene rings is 1. The highest BCUT2D eigenvalue weighted by molar-refractivity contribution is 7.19. The third-order valence-electron chi connectivity index (χ3n) is 4.91. The van der Waals surface area contributed by atoms with Crippen LogP contribution in [0.25, 0.3) is 32.7 Å². The standard InChI is InChI=1S/C20H18FN5O2S/c1-27-16-4-2-3-13(21)18(16)14-9-12-15(10-22-14)24-25-19(12)17-11-23-20(29-17)26-5-7-28-8-6-26/h2-4,9-11H,5-8H2,1H3,(H,24,25). The molecule has 0 atom stereocenters. The van der Waals surface area contributed by atoms with E-state index in [9.17, 15) is 4.39 Å². The van der Waals surface area contributed by atoms with Crippen molar-refractivity contribution in [2.75, 3.05) is 38.3 Å². The largest absolute Gasteiger partial charge is 0.496 e. The fraction of sp³-hybridized carbons (Fsp3) is 0.250. The average Bonchev–Trinajstić information content (AvgIpc) is 3.40. The van der Waals surface area contributed by atoms with Crippen molar-refractivity contribution in [2.45, 2.75) is 0 Å². The molecule has 5 rings (SSSR count). The third-order valence-corrected chi connectivity index (χ3v) is 5.97. The van der Waals surface area contributed by atoms with Gasteiger partial charge in [0.2, 0.25) is 0 Å². The van der Waals surface area contributed by atoms with E-state index in [0.29, 0.717) is 30.2 Å². The summed E-state index contributed by atoms with van der Waals surface area (Å²) in [6, 6.07) is 6.57.